The second kappa shape index (κ2) is 7.13. The van der Waals surface area contributed by atoms with E-state index in [1.165, 1.54) is 0 Å². The number of rotatable bonds is 3. The molecule has 2 heterocycles. The first-order valence-corrected chi connectivity index (χ1v) is 7.98. The SMILES string of the molecule is O=C(Nc1cccnc1)N1CCCCC1Cc1ccc(O)cc1. The number of piperidine rings is 1. The van der Waals surface area contributed by atoms with Crippen molar-refractivity contribution in [3.05, 3.63) is 54.4 Å². The molecule has 23 heavy (non-hydrogen) atoms. The minimum Gasteiger partial charge on any atom is -0.508 e. The van der Waals surface area contributed by atoms with Crippen LogP contribution in [0.25, 0.3) is 0 Å². The number of carbonyl (C=O) groups is 1. The van der Waals surface area contributed by atoms with E-state index < -0.39 is 0 Å². The highest BCUT2D eigenvalue weighted by Crippen LogP contribution is 2.22. The number of hydrogen-bond acceptors (Lipinski definition) is 3. The topological polar surface area (TPSA) is 65.5 Å². The Bertz CT molecular complexity index is 643. The van der Waals surface area contributed by atoms with E-state index in [1.54, 1.807) is 30.6 Å². The number of likely N-dealkylation sites (tertiary alicyclic amines) is 1. The number of phenolic OH excluding ortho intramolecular Hbond substituents is 1. The first-order valence-electron chi connectivity index (χ1n) is 7.98. The summed E-state index contributed by atoms with van der Waals surface area (Å²) >= 11 is 0. The van der Waals surface area contributed by atoms with Crippen LogP contribution < -0.4 is 5.32 Å². The van der Waals surface area contributed by atoms with Crippen molar-refractivity contribution in [2.45, 2.75) is 31.7 Å². The molecule has 2 amide bonds. The van der Waals surface area contributed by atoms with Crippen LogP contribution in [-0.4, -0.2) is 33.6 Å². The first kappa shape index (κ1) is 15.3. The Hall–Kier alpha value is -2.56. The van der Waals surface area contributed by atoms with Crippen molar-refractivity contribution in [2.24, 2.45) is 0 Å². The lowest BCUT2D eigenvalue weighted by Crippen LogP contribution is -2.46. The number of phenols is 1. The molecule has 0 saturated carbocycles. The fourth-order valence-electron chi connectivity index (χ4n) is 3.02. The van der Waals surface area contributed by atoms with Gasteiger partial charge in [-0.15, -0.1) is 0 Å². The molecule has 2 N–H and O–H groups in total. The minimum absolute atomic E-state index is 0.0681. The summed E-state index contributed by atoms with van der Waals surface area (Å²) in [5.74, 6) is 0.267. The third-order valence-electron chi connectivity index (χ3n) is 4.21. The van der Waals surface area contributed by atoms with Crippen LogP contribution in [0.2, 0.25) is 0 Å². The number of hydrogen-bond donors (Lipinski definition) is 2. The Morgan fingerprint density at radius 3 is 2.83 bits per heavy atom. The van der Waals surface area contributed by atoms with Gasteiger partial charge in [0.2, 0.25) is 0 Å². The Kier molecular flexibility index (Phi) is 4.76. The number of amides is 2. The average molecular weight is 311 g/mol. The van der Waals surface area contributed by atoms with E-state index in [4.69, 9.17) is 0 Å². The molecule has 1 saturated heterocycles. The number of pyridine rings is 1. The van der Waals surface area contributed by atoms with Gasteiger partial charge in [0.1, 0.15) is 5.75 Å². The van der Waals surface area contributed by atoms with E-state index in [9.17, 15) is 9.90 Å². The summed E-state index contributed by atoms with van der Waals surface area (Å²) in [4.78, 5) is 18.5. The Balaban J connectivity index is 1.68. The zero-order valence-electron chi connectivity index (χ0n) is 13.0. The van der Waals surface area contributed by atoms with Gasteiger partial charge in [0, 0.05) is 18.8 Å². The molecule has 5 nitrogen and oxygen atoms in total. The molecular weight excluding hydrogens is 290 g/mol. The Morgan fingerprint density at radius 1 is 1.26 bits per heavy atom. The fraction of sp³-hybridized carbons (Fsp3) is 0.333. The minimum atomic E-state index is -0.0681. The fourth-order valence-corrected chi connectivity index (χ4v) is 3.02. The lowest BCUT2D eigenvalue weighted by Gasteiger charge is -2.36. The van der Waals surface area contributed by atoms with Crippen LogP contribution in [0.4, 0.5) is 10.5 Å². The van der Waals surface area contributed by atoms with Crippen molar-refractivity contribution >= 4 is 11.7 Å². The number of aromatic nitrogens is 1. The van der Waals surface area contributed by atoms with Crippen LogP contribution in [0.5, 0.6) is 5.75 Å². The van der Waals surface area contributed by atoms with Crippen molar-refractivity contribution in [1.29, 1.82) is 0 Å². The maximum absolute atomic E-state index is 12.6. The molecule has 1 fully saturated rings. The molecule has 1 atom stereocenters. The number of urea groups is 1. The number of nitrogens with zero attached hydrogens (tertiary/aromatic N) is 2. The number of benzene rings is 1. The summed E-state index contributed by atoms with van der Waals surface area (Å²) in [5.41, 5.74) is 1.85. The second-order valence-corrected chi connectivity index (χ2v) is 5.89. The van der Waals surface area contributed by atoms with Crippen molar-refractivity contribution < 1.29 is 9.90 Å². The van der Waals surface area contributed by atoms with Gasteiger partial charge >= 0.3 is 6.03 Å². The lowest BCUT2D eigenvalue weighted by molar-refractivity contribution is 0.162. The molecule has 1 aliphatic rings. The molecule has 5 heteroatoms. The molecule has 1 aromatic carbocycles. The third kappa shape index (κ3) is 4.00. The maximum Gasteiger partial charge on any atom is 0.322 e. The van der Waals surface area contributed by atoms with E-state index in [1.807, 2.05) is 23.1 Å². The number of aromatic hydroxyl groups is 1. The van der Waals surface area contributed by atoms with Gasteiger partial charge in [0.05, 0.1) is 11.9 Å². The predicted molar refractivity (Wildman–Crippen MR) is 89.4 cm³/mol. The van der Waals surface area contributed by atoms with Crippen LogP contribution >= 0.6 is 0 Å². The Morgan fingerprint density at radius 2 is 2.09 bits per heavy atom. The van der Waals surface area contributed by atoms with E-state index in [0.29, 0.717) is 5.69 Å². The summed E-state index contributed by atoms with van der Waals surface area (Å²) in [6.07, 6.45) is 7.31. The van der Waals surface area contributed by atoms with Gasteiger partial charge in [-0.3, -0.25) is 4.98 Å². The van der Waals surface area contributed by atoms with Crippen molar-refractivity contribution in [2.75, 3.05) is 11.9 Å². The highest BCUT2D eigenvalue weighted by Gasteiger charge is 2.26. The molecule has 0 spiro atoms. The molecule has 0 radical (unpaired) electrons. The van der Waals surface area contributed by atoms with E-state index >= 15 is 0 Å². The monoisotopic (exact) mass is 311 g/mol. The van der Waals surface area contributed by atoms with Gasteiger partial charge in [-0.25, -0.2) is 4.79 Å². The van der Waals surface area contributed by atoms with Crippen LogP contribution in [0.1, 0.15) is 24.8 Å². The molecule has 1 aromatic heterocycles. The number of carbonyl (C=O) groups excluding carboxylic acids is 1. The summed E-state index contributed by atoms with van der Waals surface area (Å²) in [6.45, 7) is 0.773. The zero-order chi connectivity index (χ0) is 16.1. The summed E-state index contributed by atoms with van der Waals surface area (Å²) in [7, 11) is 0. The van der Waals surface area contributed by atoms with Gasteiger partial charge in [0.25, 0.3) is 0 Å². The van der Waals surface area contributed by atoms with E-state index in [0.717, 1.165) is 37.8 Å². The smallest absolute Gasteiger partial charge is 0.322 e. The first-order chi connectivity index (χ1) is 11.2. The van der Waals surface area contributed by atoms with Crippen LogP contribution in [0.15, 0.2) is 48.8 Å². The van der Waals surface area contributed by atoms with Gasteiger partial charge in [0.15, 0.2) is 0 Å². The summed E-state index contributed by atoms with van der Waals surface area (Å²) in [6, 6.07) is 11.0. The standard InChI is InChI=1S/C18H21N3O2/c22-17-8-6-14(7-9-17)12-16-5-1-2-11-21(16)18(23)20-15-4-3-10-19-13-15/h3-4,6-10,13,16,22H,1-2,5,11-12H2,(H,20,23). The second-order valence-electron chi connectivity index (χ2n) is 5.89. The third-order valence-corrected chi connectivity index (χ3v) is 4.21. The van der Waals surface area contributed by atoms with Crippen LogP contribution in [0, 0.1) is 0 Å². The highest BCUT2D eigenvalue weighted by atomic mass is 16.3. The van der Waals surface area contributed by atoms with E-state index in [2.05, 4.69) is 10.3 Å². The molecule has 0 bridgehead atoms. The largest absolute Gasteiger partial charge is 0.508 e. The predicted octanol–water partition coefficient (Wildman–Crippen LogP) is 3.42. The average Bonchev–Trinajstić information content (AvgIpc) is 2.58. The Labute approximate surface area is 136 Å². The normalized spacial score (nSPS) is 17.7. The van der Waals surface area contributed by atoms with Gasteiger partial charge < -0.3 is 15.3 Å². The maximum atomic E-state index is 12.6. The van der Waals surface area contributed by atoms with Gasteiger partial charge in [-0.2, -0.15) is 0 Å². The highest BCUT2D eigenvalue weighted by molar-refractivity contribution is 5.89. The van der Waals surface area contributed by atoms with Crippen molar-refractivity contribution in [1.82, 2.24) is 9.88 Å². The van der Waals surface area contributed by atoms with Gasteiger partial charge in [-0.05, 0) is 55.5 Å². The van der Waals surface area contributed by atoms with E-state index in [-0.39, 0.29) is 17.8 Å². The summed E-state index contributed by atoms with van der Waals surface area (Å²) < 4.78 is 0. The molecule has 3 rings (SSSR count). The quantitative estimate of drug-likeness (QED) is 0.913. The van der Waals surface area contributed by atoms with Crippen LogP contribution in [-0.2, 0) is 6.42 Å². The molecule has 0 aliphatic carbocycles. The molecule has 2 aromatic rings. The number of nitrogens with one attached hydrogen (secondary N) is 1. The number of anilines is 1. The molecule has 120 valence electrons. The van der Waals surface area contributed by atoms with Crippen molar-refractivity contribution in [3.8, 4) is 5.75 Å². The van der Waals surface area contributed by atoms with Crippen LogP contribution in [0.3, 0.4) is 0 Å². The summed E-state index contributed by atoms with van der Waals surface area (Å²) in [5, 5.41) is 12.3. The van der Waals surface area contributed by atoms with Crippen molar-refractivity contribution in [3.63, 3.8) is 0 Å². The van der Waals surface area contributed by atoms with Gasteiger partial charge in [-0.1, -0.05) is 12.1 Å². The lowest BCUT2D eigenvalue weighted by atomic mass is 9.96. The zero-order valence-corrected chi connectivity index (χ0v) is 13.0. The molecular formula is C18H21N3O2. The molecule has 1 aliphatic heterocycles. The molecule has 1 unspecified atom stereocenters.